The van der Waals surface area contributed by atoms with Gasteiger partial charge in [0.15, 0.2) is 0 Å². The van der Waals surface area contributed by atoms with Gasteiger partial charge in [-0.05, 0) is 31.0 Å². The van der Waals surface area contributed by atoms with Crippen molar-refractivity contribution in [3.05, 3.63) is 42.6 Å². The van der Waals surface area contributed by atoms with Gasteiger partial charge in [0, 0.05) is 37.3 Å². The molecule has 1 saturated heterocycles. The second-order valence-corrected chi connectivity index (χ2v) is 5.82. The fourth-order valence-corrected chi connectivity index (χ4v) is 2.59. The number of nitrogens with zero attached hydrogens (tertiary/aromatic N) is 4. The van der Waals surface area contributed by atoms with Crippen LogP contribution < -0.4 is 9.64 Å². The maximum absolute atomic E-state index is 5.74. The summed E-state index contributed by atoms with van der Waals surface area (Å²) in [6, 6.07) is 5.84. The van der Waals surface area contributed by atoms with Crippen LogP contribution in [0.15, 0.2) is 36.8 Å². The minimum atomic E-state index is 0.560. The van der Waals surface area contributed by atoms with E-state index < -0.39 is 0 Å². The van der Waals surface area contributed by atoms with E-state index in [0.29, 0.717) is 11.8 Å². The average molecular weight is 282 g/mol. The van der Waals surface area contributed by atoms with Gasteiger partial charge in [0.1, 0.15) is 17.4 Å². The Morgan fingerprint density at radius 2 is 2.10 bits per heavy atom. The molecular weight excluding hydrogens is 264 g/mol. The normalized spacial score (nSPS) is 18.4. The Hall–Kier alpha value is -2.17. The van der Waals surface area contributed by atoms with E-state index in [-0.39, 0.29) is 0 Å². The van der Waals surface area contributed by atoms with Gasteiger partial charge >= 0.3 is 0 Å². The Balaban J connectivity index is 1.30. The predicted molar refractivity (Wildman–Crippen MR) is 79.4 cm³/mol. The minimum Gasteiger partial charge on any atom is -0.492 e. The molecule has 2 fully saturated rings. The Morgan fingerprint density at radius 1 is 1.19 bits per heavy atom. The van der Waals surface area contributed by atoms with E-state index in [0.717, 1.165) is 37.1 Å². The van der Waals surface area contributed by atoms with Gasteiger partial charge in [-0.25, -0.2) is 9.97 Å². The van der Waals surface area contributed by atoms with Gasteiger partial charge in [0.05, 0.1) is 12.8 Å². The molecule has 5 heteroatoms. The molecule has 0 amide bonds. The van der Waals surface area contributed by atoms with Crippen molar-refractivity contribution in [1.29, 1.82) is 0 Å². The molecule has 0 spiro atoms. The number of ether oxygens (including phenoxy) is 1. The van der Waals surface area contributed by atoms with Gasteiger partial charge in [-0.1, -0.05) is 0 Å². The lowest BCUT2D eigenvalue weighted by Crippen LogP contribution is -2.49. The van der Waals surface area contributed by atoms with Gasteiger partial charge in [-0.15, -0.1) is 0 Å². The molecule has 0 unspecified atom stereocenters. The Labute approximate surface area is 124 Å². The van der Waals surface area contributed by atoms with Crippen LogP contribution >= 0.6 is 0 Å². The van der Waals surface area contributed by atoms with E-state index in [2.05, 4.69) is 19.9 Å². The minimum absolute atomic E-state index is 0.560. The molecule has 0 bridgehead atoms. The van der Waals surface area contributed by atoms with Crippen LogP contribution in [0.2, 0.25) is 0 Å². The molecule has 1 aliphatic carbocycles. The lowest BCUT2D eigenvalue weighted by molar-refractivity contribution is 0.219. The number of rotatable bonds is 5. The first kappa shape index (κ1) is 12.6. The summed E-state index contributed by atoms with van der Waals surface area (Å²) in [6.45, 7) is 2.74. The second-order valence-electron chi connectivity index (χ2n) is 5.82. The highest BCUT2D eigenvalue weighted by molar-refractivity contribution is 5.41. The fourth-order valence-electron chi connectivity index (χ4n) is 2.59. The first-order chi connectivity index (χ1) is 10.4. The smallest absolute Gasteiger partial charge is 0.137 e. The Bertz CT molecular complexity index is 609. The Kier molecular flexibility index (Phi) is 3.18. The number of anilines is 1. The zero-order valence-corrected chi connectivity index (χ0v) is 11.9. The van der Waals surface area contributed by atoms with Gasteiger partial charge in [0.25, 0.3) is 0 Å². The summed E-state index contributed by atoms with van der Waals surface area (Å²) >= 11 is 0. The third-order valence-electron chi connectivity index (χ3n) is 4.00. The van der Waals surface area contributed by atoms with Gasteiger partial charge in [-0.2, -0.15) is 0 Å². The highest BCUT2D eigenvalue weighted by Gasteiger charge is 2.31. The SMILES string of the molecule is c1cncc(OCC2CN(c3ccnc(C4CC4)n3)C2)c1. The summed E-state index contributed by atoms with van der Waals surface area (Å²) in [7, 11) is 0. The quantitative estimate of drug-likeness (QED) is 0.842. The molecule has 0 N–H and O–H groups in total. The molecule has 4 rings (SSSR count). The van der Waals surface area contributed by atoms with Crippen molar-refractivity contribution in [3.8, 4) is 5.75 Å². The molecule has 1 aliphatic heterocycles. The molecule has 108 valence electrons. The van der Waals surface area contributed by atoms with E-state index in [9.17, 15) is 0 Å². The summed E-state index contributed by atoms with van der Waals surface area (Å²) in [5.74, 6) is 4.08. The zero-order chi connectivity index (χ0) is 14.1. The fraction of sp³-hybridized carbons (Fsp3) is 0.438. The topological polar surface area (TPSA) is 51.1 Å². The molecule has 5 nitrogen and oxygen atoms in total. The lowest BCUT2D eigenvalue weighted by atomic mass is 10.0. The highest BCUT2D eigenvalue weighted by atomic mass is 16.5. The third kappa shape index (κ3) is 2.82. The van der Waals surface area contributed by atoms with Crippen LogP contribution in [-0.4, -0.2) is 34.6 Å². The molecule has 0 aromatic carbocycles. The molecule has 0 radical (unpaired) electrons. The molecule has 3 heterocycles. The number of hydrogen-bond acceptors (Lipinski definition) is 5. The summed E-state index contributed by atoms with van der Waals surface area (Å²) in [5.41, 5.74) is 0. The van der Waals surface area contributed by atoms with Crippen LogP contribution in [0.3, 0.4) is 0 Å². The number of pyridine rings is 1. The van der Waals surface area contributed by atoms with Crippen molar-refractivity contribution >= 4 is 5.82 Å². The van der Waals surface area contributed by atoms with Crippen molar-refractivity contribution < 1.29 is 4.74 Å². The van der Waals surface area contributed by atoms with Gasteiger partial charge < -0.3 is 9.64 Å². The average Bonchev–Trinajstić information content (AvgIpc) is 3.32. The summed E-state index contributed by atoms with van der Waals surface area (Å²) < 4.78 is 5.74. The summed E-state index contributed by atoms with van der Waals surface area (Å²) in [4.78, 5) is 15.4. The first-order valence-corrected chi connectivity index (χ1v) is 7.49. The first-order valence-electron chi connectivity index (χ1n) is 7.49. The van der Waals surface area contributed by atoms with Crippen LogP contribution in [0.5, 0.6) is 5.75 Å². The number of aromatic nitrogens is 3. The highest BCUT2D eigenvalue weighted by Crippen LogP contribution is 2.38. The van der Waals surface area contributed by atoms with Crippen LogP contribution in [0, 0.1) is 5.92 Å². The molecule has 2 aromatic heterocycles. The van der Waals surface area contributed by atoms with E-state index in [1.54, 1.807) is 12.4 Å². The standard InChI is InChI=1S/C16H18N4O/c1-2-14(8-17-6-1)21-11-12-9-20(10-12)15-5-7-18-16(19-15)13-3-4-13/h1-2,5-8,12-13H,3-4,9-11H2. The van der Waals surface area contributed by atoms with Crippen LogP contribution in [0.4, 0.5) is 5.82 Å². The van der Waals surface area contributed by atoms with Crippen LogP contribution in [0.1, 0.15) is 24.6 Å². The van der Waals surface area contributed by atoms with Crippen LogP contribution in [-0.2, 0) is 0 Å². The van der Waals surface area contributed by atoms with E-state index in [4.69, 9.17) is 4.74 Å². The van der Waals surface area contributed by atoms with Crippen molar-refractivity contribution in [2.75, 3.05) is 24.6 Å². The van der Waals surface area contributed by atoms with Crippen LogP contribution in [0.25, 0.3) is 0 Å². The molecule has 2 aromatic rings. The van der Waals surface area contributed by atoms with Crippen molar-refractivity contribution in [1.82, 2.24) is 15.0 Å². The number of hydrogen-bond donors (Lipinski definition) is 0. The zero-order valence-electron chi connectivity index (χ0n) is 11.9. The second kappa shape index (κ2) is 5.31. The molecular formula is C16H18N4O. The van der Waals surface area contributed by atoms with Crippen molar-refractivity contribution in [2.45, 2.75) is 18.8 Å². The maximum Gasteiger partial charge on any atom is 0.137 e. The molecule has 2 aliphatic rings. The van der Waals surface area contributed by atoms with E-state index >= 15 is 0 Å². The molecule has 0 atom stereocenters. The maximum atomic E-state index is 5.74. The van der Waals surface area contributed by atoms with Gasteiger partial charge in [-0.3, -0.25) is 4.98 Å². The van der Waals surface area contributed by atoms with Crippen molar-refractivity contribution in [2.24, 2.45) is 5.92 Å². The monoisotopic (exact) mass is 282 g/mol. The lowest BCUT2D eigenvalue weighted by Gasteiger charge is -2.39. The molecule has 1 saturated carbocycles. The van der Waals surface area contributed by atoms with E-state index in [1.807, 2.05) is 24.4 Å². The van der Waals surface area contributed by atoms with Crippen molar-refractivity contribution in [3.63, 3.8) is 0 Å². The Morgan fingerprint density at radius 3 is 2.86 bits per heavy atom. The predicted octanol–water partition coefficient (Wildman–Crippen LogP) is 2.26. The largest absolute Gasteiger partial charge is 0.492 e. The van der Waals surface area contributed by atoms with E-state index in [1.165, 1.54) is 12.8 Å². The summed E-state index contributed by atoms with van der Waals surface area (Å²) in [5, 5.41) is 0. The summed E-state index contributed by atoms with van der Waals surface area (Å²) in [6.07, 6.45) is 7.87. The van der Waals surface area contributed by atoms with Gasteiger partial charge in [0.2, 0.25) is 0 Å². The molecule has 21 heavy (non-hydrogen) atoms. The third-order valence-corrected chi connectivity index (χ3v) is 4.00.